The summed E-state index contributed by atoms with van der Waals surface area (Å²) in [5, 5.41) is 7.39. The molecule has 0 aliphatic rings. The number of hydrogen-bond acceptors (Lipinski definition) is 6. The number of H-pyrrole nitrogens is 2. The summed E-state index contributed by atoms with van der Waals surface area (Å²) in [5.41, 5.74) is 4.35. The van der Waals surface area contributed by atoms with E-state index < -0.39 is 5.82 Å². The number of halogens is 1. The van der Waals surface area contributed by atoms with Crippen molar-refractivity contribution >= 4 is 40.6 Å². The largest absolute Gasteiger partial charge is 0.335 e. The number of rotatable bonds is 5. The standard InChI is InChI=1S/C22H16FN9/c1-12(7-26-11-24-2)19-18(23)17-15(10-28-19)31-32-21(17)22-29-16-9-25-8-13(20(16)30-22)14-5-3-4-6-27-14/h3-11H,2H2,1H3,(H,29,30)(H,31,32)/b12-7+,26-11-. The summed E-state index contributed by atoms with van der Waals surface area (Å²) < 4.78 is 15.5. The fraction of sp³-hybridized carbons (Fsp3) is 0.0455. The normalized spacial score (nSPS) is 12.2. The summed E-state index contributed by atoms with van der Waals surface area (Å²) in [4.78, 5) is 28.2. The van der Waals surface area contributed by atoms with Gasteiger partial charge in [-0.15, -0.1) is 0 Å². The fourth-order valence-electron chi connectivity index (χ4n) is 3.43. The Morgan fingerprint density at radius 1 is 1.16 bits per heavy atom. The maximum Gasteiger partial charge on any atom is 0.160 e. The van der Waals surface area contributed by atoms with Gasteiger partial charge in [-0.2, -0.15) is 5.10 Å². The van der Waals surface area contributed by atoms with Crippen LogP contribution in [-0.2, 0) is 0 Å². The summed E-state index contributed by atoms with van der Waals surface area (Å²) in [6.45, 7) is 5.03. The Labute approximate surface area is 180 Å². The first kappa shape index (κ1) is 19.4. The first-order valence-electron chi connectivity index (χ1n) is 9.60. The summed E-state index contributed by atoms with van der Waals surface area (Å²) in [5.74, 6) is -0.117. The molecule has 0 saturated carbocycles. The van der Waals surface area contributed by atoms with Crippen LogP contribution in [0.15, 0.2) is 59.2 Å². The minimum Gasteiger partial charge on any atom is -0.335 e. The van der Waals surface area contributed by atoms with E-state index in [2.05, 4.69) is 46.8 Å². The van der Waals surface area contributed by atoms with E-state index in [-0.39, 0.29) is 11.1 Å². The molecule has 2 N–H and O–H groups in total. The molecular formula is C22H16FN9. The van der Waals surface area contributed by atoms with E-state index in [1.807, 2.05) is 18.2 Å². The maximum absolute atomic E-state index is 15.5. The molecular weight excluding hydrogens is 409 g/mol. The third-order valence-electron chi connectivity index (χ3n) is 4.89. The van der Waals surface area contributed by atoms with Gasteiger partial charge in [0, 0.05) is 24.2 Å². The highest BCUT2D eigenvalue weighted by Crippen LogP contribution is 2.32. The van der Waals surface area contributed by atoms with Gasteiger partial charge in [-0.1, -0.05) is 6.07 Å². The molecule has 0 radical (unpaired) electrons. The topological polar surface area (TPSA) is 121 Å². The van der Waals surface area contributed by atoms with Gasteiger partial charge in [-0.25, -0.2) is 14.4 Å². The van der Waals surface area contributed by atoms with Gasteiger partial charge in [0.2, 0.25) is 0 Å². The van der Waals surface area contributed by atoms with Crippen molar-refractivity contribution in [2.24, 2.45) is 9.98 Å². The van der Waals surface area contributed by atoms with Crippen LogP contribution in [0.4, 0.5) is 4.39 Å². The SMILES string of the molecule is C=N/C=N\C=C(/C)c1ncc2[nH]nc(-c3nc4c(-c5ccccn5)cncc4[nH]3)c2c1F. The summed E-state index contributed by atoms with van der Waals surface area (Å²) in [6, 6.07) is 5.61. The first-order chi connectivity index (χ1) is 15.7. The Hall–Kier alpha value is -4.60. The molecule has 0 atom stereocenters. The lowest BCUT2D eigenvalue weighted by atomic mass is 10.1. The van der Waals surface area contributed by atoms with Crippen molar-refractivity contribution in [3.8, 4) is 22.8 Å². The number of nitrogens with one attached hydrogen (secondary N) is 2. The highest BCUT2D eigenvalue weighted by Gasteiger charge is 2.21. The maximum atomic E-state index is 15.5. The number of aliphatic imine (C=N–C) groups is 2. The summed E-state index contributed by atoms with van der Waals surface area (Å²) >= 11 is 0. The molecule has 10 heteroatoms. The van der Waals surface area contributed by atoms with Crippen LogP contribution < -0.4 is 0 Å². The second-order valence-electron chi connectivity index (χ2n) is 6.92. The number of imidazole rings is 1. The molecule has 5 rings (SSSR count). The van der Waals surface area contributed by atoms with Gasteiger partial charge in [-0.3, -0.25) is 25.0 Å². The predicted molar refractivity (Wildman–Crippen MR) is 122 cm³/mol. The minimum absolute atomic E-state index is 0.160. The number of pyridine rings is 3. The lowest BCUT2D eigenvalue weighted by molar-refractivity contribution is 0.629. The zero-order valence-corrected chi connectivity index (χ0v) is 16.9. The van der Waals surface area contributed by atoms with E-state index in [4.69, 9.17) is 4.98 Å². The van der Waals surface area contributed by atoms with E-state index in [1.165, 1.54) is 18.7 Å². The van der Waals surface area contributed by atoms with E-state index >= 15 is 4.39 Å². The number of aromatic amines is 2. The van der Waals surface area contributed by atoms with Gasteiger partial charge in [0.25, 0.3) is 0 Å². The van der Waals surface area contributed by atoms with E-state index in [0.29, 0.717) is 33.6 Å². The van der Waals surface area contributed by atoms with Crippen molar-refractivity contribution in [3.63, 3.8) is 0 Å². The third-order valence-corrected chi connectivity index (χ3v) is 4.89. The molecule has 9 nitrogen and oxygen atoms in total. The van der Waals surface area contributed by atoms with E-state index in [0.717, 1.165) is 11.3 Å². The Balaban J connectivity index is 1.67. The molecule has 5 heterocycles. The monoisotopic (exact) mass is 425 g/mol. The van der Waals surface area contributed by atoms with Crippen molar-refractivity contribution in [1.82, 2.24) is 35.1 Å². The average molecular weight is 425 g/mol. The molecule has 0 unspecified atom stereocenters. The quantitative estimate of drug-likeness (QED) is 0.323. The molecule has 0 amide bonds. The molecule has 5 aromatic rings. The van der Waals surface area contributed by atoms with Crippen LogP contribution in [0.25, 0.3) is 50.3 Å². The van der Waals surface area contributed by atoms with Crippen LogP contribution in [0.1, 0.15) is 12.6 Å². The van der Waals surface area contributed by atoms with Crippen LogP contribution in [0.3, 0.4) is 0 Å². The molecule has 0 aromatic carbocycles. The molecule has 156 valence electrons. The third kappa shape index (κ3) is 3.23. The zero-order valence-electron chi connectivity index (χ0n) is 16.9. The van der Waals surface area contributed by atoms with Gasteiger partial charge in [0.1, 0.15) is 23.2 Å². The molecule has 0 bridgehead atoms. The van der Waals surface area contributed by atoms with Gasteiger partial charge < -0.3 is 4.98 Å². The Morgan fingerprint density at radius 2 is 2.06 bits per heavy atom. The van der Waals surface area contributed by atoms with Gasteiger partial charge in [-0.05, 0) is 31.3 Å². The molecule has 0 aliphatic carbocycles. The van der Waals surface area contributed by atoms with Crippen LogP contribution in [0, 0.1) is 5.82 Å². The zero-order chi connectivity index (χ0) is 22.1. The second kappa shape index (κ2) is 7.91. The number of fused-ring (bicyclic) bond motifs is 2. The lowest BCUT2D eigenvalue weighted by Gasteiger charge is -2.03. The number of aromatic nitrogens is 7. The molecule has 0 spiro atoms. The van der Waals surface area contributed by atoms with Gasteiger partial charge >= 0.3 is 0 Å². The van der Waals surface area contributed by atoms with E-state index in [9.17, 15) is 0 Å². The average Bonchev–Trinajstić information content (AvgIpc) is 3.44. The Bertz CT molecular complexity index is 1510. The molecule has 0 fully saturated rings. The molecule has 0 aliphatic heterocycles. The van der Waals surface area contributed by atoms with Gasteiger partial charge in [0.05, 0.1) is 34.5 Å². The number of allylic oxidation sites excluding steroid dienone is 1. The molecule has 32 heavy (non-hydrogen) atoms. The van der Waals surface area contributed by atoms with Crippen LogP contribution >= 0.6 is 0 Å². The summed E-state index contributed by atoms with van der Waals surface area (Å²) in [6.07, 6.45) is 9.34. The minimum atomic E-state index is -0.523. The highest BCUT2D eigenvalue weighted by molar-refractivity contribution is 5.97. The number of nitrogens with zero attached hydrogens (tertiary/aromatic N) is 7. The Morgan fingerprint density at radius 3 is 2.88 bits per heavy atom. The summed E-state index contributed by atoms with van der Waals surface area (Å²) in [7, 11) is 0. The molecule has 0 saturated heterocycles. The Kier molecular flexibility index (Phi) is 4.79. The lowest BCUT2D eigenvalue weighted by Crippen LogP contribution is -1.94. The second-order valence-corrected chi connectivity index (χ2v) is 6.92. The van der Waals surface area contributed by atoms with Crippen LogP contribution in [-0.4, -0.2) is 48.2 Å². The van der Waals surface area contributed by atoms with Crippen LogP contribution in [0.5, 0.6) is 0 Å². The highest BCUT2D eigenvalue weighted by atomic mass is 19.1. The molecule has 5 aromatic heterocycles. The van der Waals surface area contributed by atoms with Crippen molar-refractivity contribution < 1.29 is 4.39 Å². The van der Waals surface area contributed by atoms with Crippen molar-refractivity contribution in [3.05, 3.63) is 60.7 Å². The number of hydrogen-bond donors (Lipinski definition) is 2. The van der Waals surface area contributed by atoms with Crippen molar-refractivity contribution in [2.75, 3.05) is 0 Å². The van der Waals surface area contributed by atoms with Crippen LogP contribution in [0.2, 0.25) is 0 Å². The van der Waals surface area contributed by atoms with Gasteiger partial charge in [0.15, 0.2) is 11.6 Å². The predicted octanol–water partition coefficient (Wildman–Crippen LogP) is 4.19. The van der Waals surface area contributed by atoms with E-state index in [1.54, 1.807) is 25.5 Å². The first-order valence-corrected chi connectivity index (χ1v) is 9.60. The van der Waals surface area contributed by atoms with Crippen molar-refractivity contribution in [1.29, 1.82) is 0 Å². The smallest absolute Gasteiger partial charge is 0.160 e. The van der Waals surface area contributed by atoms with Crippen molar-refractivity contribution in [2.45, 2.75) is 6.92 Å². The fourth-order valence-corrected chi connectivity index (χ4v) is 3.43.